The minimum Gasteiger partial charge on any atom is -0.483 e. The maximum absolute atomic E-state index is 12.3. The number of hydrogen-bond acceptors (Lipinski definition) is 5. The highest BCUT2D eigenvalue weighted by Gasteiger charge is 2.12. The van der Waals surface area contributed by atoms with Crippen LogP contribution in [0, 0.1) is 6.92 Å². The number of carbonyl (C=O) groups excluding carboxylic acids is 1. The van der Waals surface area contributed by atoms with Crippen molar-refractivity contribution in [3.05, 3.63) is 59.2 Å². The smallest absolute Gasteiger partial charge is 0.264 e. The molecule has 2 aromatic carbocycles. The van der Waals surface area contributed by atoms with Crippen LogP contribution in [0.25, 0.3) is 0 Å². The first-order valence-electron chi connectivity index (χ1n) is 10.6. The number of ether oxygens (including phenoxy) is 2. The number of carbonyl (C=O) groups is 1. The highest BCUT2D eigenvalue weighted by molar-refractivity contribution is 7.80. The number of nitrogens with zero attached hydrogens (tertiary/aromatic N) is 1. The summed E-state index contributed by atoms with van der Waals surface area (Å²) in [7, 11) is 0. The normalized spacial score (nSPS) is 14.3. The van der Waals surface area contributed by atoms with Crippen molar-refractivity contribution in [2.45, 2.75) is 33.2 Å². The summed E-state index contributed by atoms with van der Waals surface area (Å²) < 4.78 is 11.2. The quantitative estimate of drug-likeness (QED) is 0.637. The van der Waals surface area contributed by atoms with Crippen LogP contribution in [0.4, 0.5) is 5.69 Å². The summed E-state index contributed by atoms with van der Waals surface area (Å²) in [5.41, 5.74) is 4.23. The molecule has 0 aromatic heterocycles. The Kier molecular flexibility index (Phi) is 8.40. The van der Waals surface area contributed by atoms with Gasteiger partial charge < -0.3 is 14.8 Å². The summed E-state index contributed by atoms with van der Waals surface area (Å²) in [6, 6.07) is 14.1. The van der Waals surface area contributed by atoms with Gasteiger partial charge in [0, 0.05) is 25.3 Å². The zero-order valence-corrected chi connectivity index (χ0v) is 19.3. The van der Waals surface area contributed by atoms with Gasteiger partial charge in [0.2, 0.25) is 0 Å². The van der Waals surface area contributed by atoms with Crippen LogP contribution in [0.5, 0.6) is 5.75 Å². The van der Waals surface area contributed by atoms with E-state index in [1.165, 1.54) is 5.56 Å². The number of nitrogens with one attached hydrogen (secondary N) is 2. The number of thiocarbonyl (C=S) groups is 1. The van der Waals surface area contributed by atoms with Gasteiger partial charge in [-0.25, -0.2) is 0 Å². The third-order valence-electron chi connectivity index (χ3n) is 5.12. The largest absolute Gasteiger partial charge is 0.483 e. The van der Waals surface area contributed by atoms with Gasteiger partial charge in [-0.15, -0.1) is 0 Å². The van der Waals surface area contributed by atoms with Crippen molar-refractivity contribution < 1.29 is 14.3 Å². The minimum atomic E-state index is -0.294. The van der Waals surface area contributed by atoms with E-state index in [1.54, 1.807) is 0 Å². The minimum absolute atomic E-state index is 0.0938. The molecule has 1 heterocycles. The predicted molar refractivity (Wildman–Crippen MR) is 128 cm³/mol. The van der Waals surface area contributed by atoms with Crippen LogP contribution in [0.2, 0.25) is 0 Å². The summed E-state index contributed by atoms with van der Waals surface area (Å²) in [6.45, 7) is 10.5. The zero-order valence-electron chi connectivity index (χ0n) is 18.4. The van der Waals surface area contributed by atoms with E-state index in [-0.39, 0.29) is 17.6 Å². The molecule has 0 bridgehead atoms. The van der Waals surface area contributed by atoms with E-state index in [1.807, 2.05) is 37.3 Å². The lowest BCUT2D eigenvalue weighted by Crippen LogP contribution is -2.37. The molecule has 0 spiro atoms. The summed E-state index contributed by atoms with van der Waals surface area (Å²) in [6.07, 6.45) is 0. The fourth-order valence-corrected chi connectivity index (χ4v) is 3.65. The molecule has 2 N–H and O–H groups in total. The van der Waals surface area contributed by atoms with Crippen LogP contribution in [-0.4, -0.2) is 48.8 Å². The first-order chi connectivity index (χ1) is 14.9. The second kappa shape index (κ2) is 11.2. The molecule has 0 unspecified atom stereocenters. The second-order valence-electron chi connectivity index (χ2n) is 8.07. The molecule has 31 heavy (non-hydrogen) atoms. The van der Waals surface area contributed by atoms with Crippen molar-refractivity contribution in [2.75, 3.05) is 38.2 Å². The average Bonchev–Trinajstić information content (AvgIpc) is 2.74. The Morgan fingerprint density at radius 3 is 2.55 bits per heavy atom. The van der Waals surface area contributed by atoms with Crippen molar-refractivity contribution in [3.63, 3.8) is 0 Å². The van der Waals surface area contributed by atoms with E-state index in [0.29, 0.717) is 5.92 Å². The van der Waals surface area contributed by atoms with Crippen LogP contribution in [0.3, 0.4) is 0 Å². The molecule has 1 saturated heterocycles. The van der Waals surface area contributed by atoms with E-state index in [2.05, 4.69) is 41.5 Å². The maximum atomic E-state index is 12.3. The van der Waals surface area contributed by atoms with Gasteiger partial charge in [0.15, 0.2) is 11.7 Å². The molecule has 166 valence electrons. The fourth-order valence-electron chi connectivity index (χ4n) is 3.42. The Morgan fingerprint density at radius 1 is 1.16 bits per heavy atom. The first kappa shape index (κ1) is 23.2. The topological polar surface area (TPSA) is 62.8 Å². The molecule has 1 amide bonds. The lowest BCUT2D eigenvalue weighted by atomic mass is 10.0. The summed E-state index contributed by atoms with van der Waals surface area (Å²) in [4.78, 5) is 14.6. The van der Waals surface area contributed by atoms with Crippen molar-refractivity contribution in [1.82, 2.24) is 10.2 Å². The molecule has 0 aliphatic carbocycles. The molecule has 1 aliphatic heterocycles. The van der Waals surface area contributed by atoms with Gasteiger partial charge in [-0.05, 0) is 59.9 Å². The van der Waals surface area contributed by atoms with Gasteiger partial charge in [-0.2, -0.15) is 0 Å². The Bertz CT molecular complexity index is 893. The monoisotopic (exact) mass is 441 g/mol. The van der Waals surface area contributed by atoms with Crippen LogP contribution in [0.1, 0.15) is 36.5 Å². The highest BCUT2D eigenvalue weighted by atomic mass is 32.1. The molecule has 6 nitrogen and oxygen atoms in total. The van der Waals surface area contributed by atoms with Crippen molar-refractivity contribution in [2.24, 2.45) is 0 Å². The van der Waals surface area contributed by atoms with Gasteiger partial charge in [0.05, 0.1) is 13.2 Å². The standard InChI is InChI=1S/C24H31N3O3S/c1-17(2)21-9-4-18(3)14-22(21)30-16-23(28)26-24(31)25-20-7-5-19(6-8-20)15-27-10-12-29-13-11-27/h4-9,14,17H,10-13,15-16H2,1-3H3,(H2,25,26,28,31). The lowest BCUT2D eigenvalue weighted by molar-refractivity contribution is -0.121. The van der Waals surface area contributed by atoms with E-state index >= 15 is 0 Å². The Hall–Kier alpha value is -2.48. The molecule has 2 aromatic rings. The molecular weight excluding hydrogens is 410 g/mol. The number of anilines is 1. The van der Waals surface area contributed by atoms with Gasteiger partial charge in [0.1, 0.15) is 5.75 Å². The molecule has 3 rings (SSSR count). The Balaban J connectivity index is 1.46. The Morgan fingerprint density at radius 2 is 1.87 bits per heavy atom. The number of rotatable bonds is 7. The molecule has 0 saturated carbocycles. The molecule has 0 radical (unpaired) electrons. The first-order valence-corrected chi connectivity index (χ1v) is 11.0. The summed E-state index contributed by atoms with van der Waals surface area (Å²) >= 11 is 5.27. The number of aryl methyl sites for hydroxylation is 1. The van der Waals surface area contributed by atoms with E-state index in [4.69, 9.17) is 21.7 Å². The number of benzene rings is 2. The third-order valence-corrected chi connectivity index (χ3v) is 5.33. The van der Waals surface area contributed by atoms with E-state index in [9.17, 15) is 4.79 Å². The highest BCUT2D eigenvalue weighted by Crippen LogP contribution is 2.27. The van der Waals surface area contributed by atoms with E-state index < -0.39 is 0 Å². The lowest BCUT2D eigenvalue weighted by Gasteiger charge is -2.26. The second-order valence-corrected chi connectivity index (χ2v) is 8.48. The number of morpholine rings is 1. The van der Waals surface area contributed by atoms with Gasteiger partial charge in [-0.3, -0.25) is 15.0 Å². The SMILES string of the molecule is Cc1ccc(C(C)C)c(OCC(=O)NC(=S)Nc2ccc(CN3CCOCC3)cc2)c1. The fraction of sp³-hybridized carbons (Fsp3) is 0.417. The third kappa shape index (κ3) is 7.31. The molecular formula is C24H31N3O3S. The van der Waals surface area contributed by atoms with Gasteiger partial charge in [-0.1, -0.05) is 38.1 Å². The van der Waals surface area contributed by atoms with Crippen LogP contribution in [0.15, 0.2) is 42.5 Å². The molecule has 1 aliphatic rings. The summed E-state index contributed by atoms with van der Waals surface area (Å²) in [5.74, 6) is 0.755. The zero-order chi connectivity index (χ0) is 22.2. The van der Waals surface area contributed by atoms with Crippen LogP contribution >= 0.6 is 12.2 Å². The summed E-state index contributed by atoms with van der Waals surface area (Å²) in [5, 5.41) is 5.98. The van der Waals surface area contributed by atoms with Crippen LogP contribution < -0.4 is 15.4 Å². The van der Waals surface area contributed by atoms with Crippen molar-refractivity contribution in [3.8, 4) is 5.75 Å². The molecule has 0 atom stereocenters. The predicted octanol–water partition coefficient (Wildman–Crippen LogP) is 3.84. The van der Waals surface area contributed by atoms with Crippen molar-refractivity contribution >= 4 is 28.9 Å². The molecule has 7 heteroatoms. The molecule has 1 fully saturated rings. The number of amides is 1. The average molecular weight is 442 g/mol. The Labute approximate surface area is 189 Å². The maximum Gasteiger partial charge on any atom is 0.264 e. The van der Waals surface area contributed by atoms with E-state index in [0.717, 1.165) is 55.4 Å². The van der Waals surface area contributed by atoms with Crippen molar-refractivity contribution in [1.29, 1.82) is 0 Å². The van der Waals surface area contributed by atoms with Crippen LogP contribution in [-0.2, 0) is 16.1 Å². The van der Waals surface area contributed by atoms with Gasteiger partial charge in [0.25, 0.3) is 5.91 Å². The number of hydrogen-bond donors (Lipinski definition) is 2. The van der Waals surface area contributed by atoms with Gasteiger partial charge >= 0.3 is 0 Å².